The van der Waals surface area contributed by atoms with Gasteiger partial charge in [0.25, 0.3) is 0 Å². The Hall–Kier alpha value is -0.570. The number of rotatable bonds is 5. The van der Waals surface area contributed by atoms with Gasteiger partial charge in [0.05, 0.1) is 11.5 Å². The molecule has 0 fully saturated rings. The van der Waals surface area contributed by atoms with Crippen LogP contribution in [0, 0.1) is 11.8 Å². The van der Waals surface area contributed by atoms with Crippen LogP contribution in [0.4, 0.5) is 0 Å². The first-order chi connectivity index (χ1) is 5.80. The fourth-order valence-electron chi connectivity index (χ4n) is 1.22. The lowest BCUT2D eigenvalue weighted by Gasteiger charge is -2.28. The van der Waals surface area contributed by atoms with E-state index in [0.717, 1.165) is 0 Å². The van der Waals surface area contributed by atoms with Crippen LogP contribution in [0.25, 0.3) is 0 Å². The first-order valence-corrected chi connectivity index (χ1v) is 4.58. The van der Waals surface area contributed by atoms with E-state index in [9.17, 15) is 4.79 Å². The molecule has 0 aliphatic rings. The van der Waals surface area contributed by atoms with Crippen molar-refractivity contribution in [3.63, 3.8) is 0 Å². The van der Waals surface area contributed by atoms with Gasteiger partial charge in [-0.25, -0.2) is 0 Å². The Morgan fingerprint density at radius 1 is 1.46 bits per heavy atom. The van der Waals surface area contributed by atoms with E-state index >= 15 is 0 Å². The Morgan fingerprint density at radius 2 is 1.92 bits per heavy atom. The molecule has 0 saturated carbocycles. The van der Waals surface area contributed by atoms with Crippen LogP contribution in [0.5, 0.6) is 0 Å². The van der Waals surface area contributed by atoms with Crippen molar-refractivity contribution in [1.82, 2.24) is 0 Å². The van der Waals surface area contributed by atoms with E-state index in [1.54, 1.807) is 7.11 Å². The molecular formula is C10H20O3. The van der Waals surface area contributed by atoms with Crippen LogP contribution in [0.3, 0.4) is 0 Å². The number of carboxylic acids is 1. The van der Waals surface area contributed by atoms with Crippen molar-refractivity contribution in [1.29, 1.82) is 0 Å². The summed E-state index contributed by atoms with van der Waals surface area (Å²) in [7, 11) is 1.61. The van der Waals surface area contributed by atoms with Crippen molar-refractivity contribution in [2.75, 3.05) is 7.11 Å². The summed E-state index contributed by atoms with van der Waals surface area (Å²) in [5.74, 6) is -0.915. The lowest BCUT2D eigenvalue weighted by molar-refractivity contribution is -0.146. The number of hydrogen-bond donors (Lipinski definition) is 1. The van der Waals surface area contributed by atoms with Gasteiger partial charge in [-0.05, 0) is 26.2 Å². The lowest BCUT2D eigenvalue weighted by Crippen LogP contribution is -2.32. The summed E-state index contributed by atoms with van der Waals surface area (Å²) in [4.78, 5) is 10.9. The molecule has 0 aromatic heterocycles. The summed E-state index contributed by atoms with van der Waals surface area (Å²) in [6, 6.07) is 0. The number of carbonyl (C=O) groups is 1. The van der Waals surface area contributed by atoms with Gasteiger partial charge in [0.1, 0.15) is 0 Å². The predicted octanol–water partition coefficient (Wildman–Crippen LogP) is 2.16. The molecule has 0 bridgehead atoms. The van der Waals surface area contributed by atoms with Crippen molar-refractivity contribution >= 4 is 5.97 Å². The van der Waals surface area contributed by atoms with E-state index < -0.39 is 5.97 Å². The van der Waals surface area contributed by atoms with Gasteiger partial charge < -0.3 is 9.84 Å². The monoisotopic (exact) mass is 188 g/mol. The minimum atomic E-state index is -0.736. The maximum absolute atomic E-state index is 10.9. The van der Waals surface area contributed by atoms with E-state index in [1.807, 2.05) is 27.7 Å². The van der Waals surface area contributed by atoms with E-state index in [4.69, 9.17) is 9.84 Å². The first-order valence-electron chi connectivity index (χ1n) is 4.58. The van der Waals surface area contributed by atoms with Gasteiger partial charge in [0, 0.05) is 7.11 Å². The number of ether oxygens (including phenoxy) is 1. The molecule has 0 spiro atoms. The Balaban J connectivity index is 4.35. The molecule has 0 aromatic carbocycles. The second kappa shape index (κ2) is 4.61. The Morgan fingerprint density at radius 3 is 2.15 bits per heavy atom. The molecule has 0 aromatic rings. The SMILES string of the molecule is COC(C)(C)CC(C(=O)O)C(C)C. The quantitative estimate of drug-likeness (QED) is 0.719. The van der Waals surface area contributed by atoms with Gasteiger partial charge in [-0.15, -0.1) is 0 Å². The van der Waals surface area contributed by atoms with Crippen LogP contribution >= 0.6 is 0 Å². The van der Waals surface area contributed by atoms with Crippen molar-refractivity contribution in [3.8, 4) is 0 Å². The van der Waals surface area contributed by atoms with Gasteiger partial charge in [-0.1, -0.05) is 13.8 Å². The third-order valence-corrected chi connectivity index (χ3v) is 2.39. The normalized spacial score (nSPS) is 14.6. The molecule has 3 nitrogen and oxygen atoms in total. The Kier molecular flexibility index (Phi) is 4.40. The minimum absolute atomic E-state index is 0.145. The van der Waals surface area contributed by atoms with Crippen LogP contribution in [-0.2, 0) is 9.53 Å². The van der Waals surface area contributed by atoms with Crippen LogP contribution in [0.15, 0.2) is 0 Å². The molecule has 0 aliphatic carbocycles. The molecule has 0 rings (SSSR count). The summed E-state index contributed by atoms with van der Waals surface area (Å²) >= 11 is 0. The predicted molar refractivity (Wildman–Crippen MR) is 51.7 cm³/mol. The molecule has 13 heavy (non-hydrogen) atoms. The molecule has 0 radical (unpaired) electrons. The number of methoxy groups -OCH3 is 1. The Labute approximate surface area is 80.1 Å². The average Bonchev–Trinajstić information content (AvgIpc) is 1.99. The van der Waals surface area contributed by atoms with Crippen LogP contribution in [-0.4, -0.2) is 23.8 Å². The molecule has 0 heterocycles. The summed E-state index contributed by atoms with van der Waals surface area (Å²) in [5.41, 5.74) is -0.354. The fourth-order valence-corrected chi connectivity index (χ4v) is 1.22. The van der Waals surface area contributed by atoms with Gasteiger partial charge >= 0.3 is 5.97 Å². The standard InChI is InChI=1S/C10H20O3/c1-7(2)8(9(11)12)6-10(3,4)13-5/h7-8H,6H2,1-5H3,(H,11,12). The van der Waals surface area contributed by atoms with Crippen LogP contribution in [0.1, 0.15) is 34.1 Å². The fraction of sp³-hybridized carbons (Fsp3) is 0.900. The number of aliphatic carboxylic acids is 1. The van der Waals surface area contributed by atoms with E-state index in [0.29, 0.717) is 6.42 Å². The molecular weight excluding hydrogens is 168 g/mol. The first kappa shape index (κ1) is 12.4. The summed E-state index contributed by atoms with van der Waals surface area (Å²) in [6.45, 7) is 7.66. The highest BCUT2D eigenvalue weighted by atomic mass is 16.5. The summed E-state index contributed by atoms with van der Waals surface area (Å²) in [5, 5.41) is 8.95. The molecule has 1 unspecified atom stereocenters. The molecule has 0 aliphatic heterocycles. The van der Waals surface area contributed by atoms with Gasteiger partial charge in [-0.3, -0.25) is 4.79 Å². The summed E-state index contributed by atoms with van der Waals surface area (Å²) in [6.07, 6.45) is 0.552. The molecule has 1 atom stereocenters. The van der Waals surface area contributed by atoms with Crippen LogP contribution < -0.4 is 0 Å². The van der Waals surface area contributed by atoms with Gasteiger partial charge in [0.15, 0.2) is 0 Å². The van der Waals surface area contributed by atoms with E-state index in [-0.39, 0.29) is 17.4 Å². The van der Waals surface area contributed by atoms with E-state index in [2.05, 4.69) is 0 Å². The maximum atomic E-state index is 10.9. The Bertz CT molecular complexity index is 173. The van der Waals surface area contributed by atoms with Gasteiger partial charge in [-0.2, -0.15) is 0 Å². The third kappa shape index (κ3) is 4.27. The van der Waals surface area contributed by atoms with Crippen molar-refractivity contribution in [3.05, 3.63) is 0 Å². The van der Waals surface area contributed by atoms with Crippen molar-refractivity contribution in [2.45, 2.75) is 39.7 Å². The zero-order chi connectivity index (χ0) is 10.6. The molecule has 0 amide bonds. The molecule has 0 saturated heterocycles. The third-order valence-electron chi connectivity index (χ3n) is 2.39. The summed E-state index contributed by atoms with van der Waals surface area (Å²) < 4.78 is 5.21. The molecule has 78 valence electrons. The highest BCUT2D eigenvalue weighted by Crippen LogP contribution is 2.25. The lowest BCUT2D eigenvalue weighted by atomic mass is 9.85. The number of hydrogen-bond acceptors (Lipinski definition) is 2. The van der Waals surface area contributed by atoms with Crippen molar-refractivity contribution < 1.29 is 14.6 Å². The molecule has 3 heteroatoms. The maximum Gasteiger partial charge on any atom is 0.306 e. The van der Waals surface area contributed by atoms with Gasteiger partial charge in [0.2, 0.25) is 0 Å². The highest BCUT2D eigenvalue weighted by Gasteiger charge is 2.29. The molecule has 1 N–H and O–H groups in total. The highest BCUT2D eigenvalue weighted by molar-refractivity contribution is 5.70. The zero-order valence-electron chi connectivity index (χ0n) is 9.13. The minimum Gasteiger partial charge on any atom is -0.481 e. The smallest absolute Gasteiger partial charge is 0.306 e. The van der Waals surface area contributed by atoms with E-state index in [1.165, 1.54) is 0 Å². The average molecular weight is 188 g/mol. The van der Waals surface area contributed by atoms with Crippen molar-refractivity contribution in [2.24, 2.45) is 11.8 Å². The second-order valence-electron chi connectivity index (χ2n) is 4.36. The zero-order valence-corrected chi connectivity index (χ0v) is 9.13. The number of carboxylic acid groups (broad SMARTS) is 1. The van der Waals surface area contributed by atoms with Crippen LogP contribution in [0.2, 0.25) is 0 Å². The largest absolute Gasteiger partial charge is 0.481 e. The second-order valence-corrected chi connectivity index (χ2v) is 4.36. The topological polar surface area (TPSA) is 46.5 Å².